The summed E-state index contributed by atoms with van der Waals surface area (Å²) in [6, 6.07) is 10.0. The number of fused-ring (bicyclic) bond motifs is 1. The van der Waals surface area contributed by atoms with E-state index in [0.717, 1.165) is 28.7 Å². The lowest BCUT2D eigenvalue weighted by Gasteiger charge is -2.09. The van der Waals surface area contributed by atoms with Crippen LogP contribution in [0.1, 0.15) is 23.8 Å². The summed E-state index contributed by atoms with van der Waals surface area (Å²) in [4.78, 5) is 0.211. The molecule has 0 bridgehead atoms. The third-order valence-corrected chi connectivity index (χ3v) is 5.67. The van der Waals surface area contributed by atoms with Crippen molar-refractivity contribution in [1.82, 2.24) is 0 Å². The van der Waals surface area contributed by atoms with Gasteiger partial charge in [-0.05, 0) is 43.7 Å². The molecule has 0 unspecified atom stereocenters. The molecular weight excluding hydrogens is 346 g/mol. The van der Waals surface area contributed by atoms with Crippen molar-refractivity contribution < 1.29 is 12.8 Å². The number of aryl methyl sites for hydroxylation is 3. The molecule has 2 aromatic carbocycles. The Morgan fingerprint density at radius 1 is 1.12 bits per heavy atom. The number of rotatable bonds is 4. The topological polar surface area (TPSA) is 59.3 Å². The summed E-state index contributed by atoms with van der Waals surface area (Å²) in [6.45, 7) is 5.85. The molecule has 4 nitrogen and oxygen atoms in total. The summed E-state index contributed by atoms with van der Waals surface area (Å²) < 4.78 is 33.4. The minimum Gasteiger partial charge on any atom is -0.459 e. The van der Waals surface area contributed by atoms with Gasteiger partial charge in [-0.3, -0.25) is 4.72 Å². The van der Waals surface area contributed by atoms with Crippen molar-refractivity contribution in [1.29, 1.82) is 0 Å². The van der Waals surface area contributed by atoms with Crippen LogP contribution in [0.4, 0.5) is 5.69 Å². The van der Waals surface area contributed by atoms with E-state index in [1.165, 1.54) is 0 Å². The Kier molecular flexibility index (Phi) is 4.32. The molecule has 0 saturated heterocycles. The zero-order valence-electron chi connectivity index (χ0n) is 13.7. The molecule has 24 heavy (non-hydrogen) atoms. The Bertz CT molecular complexity index is 1000. The summed E-state index contributed by atoms with van der Waals surface area (Å²) in [7, 11) is -3.67. The lowest BCUT2D eigenvalue weighted by atomic mass is 10.1. The number of halogens is 1. The van der Waals surface area contributed by atoms with E-state index in [-0.39, 0.29) is 4.90 Å². The summed E-state index contributed by atoms with van der Waals surface area (Å²) in [5, 5.41) is 1.21. The zero-order chi connectivity index (χ0) is 17.5. The van der Waals surface area contributed by atoms with Gasteiger partial charge in [0.2, 0.25) is 0 Å². The molecule has 0 amide bonds. The lowest BCUT2D eigenvalue weighted by Crippen LogP contribution is -2.12. The van der Waals surface area contributed by atoms with Crippen LogP contribution in [0.25, 0.3) is 11.0 Å². The smallest absolute Gasteiger partial charge is 0.261 e. The normalized spacial score (nSPS) is 11.8. The van der Waals surface area contributed by atoms with Crippen molar-refractivity contribution in [2.75, 3.05) is 4.72 Å². The molecule has 0 fully saturated rings. The summed E-state index contributed by atoms with van der Waals surface area (Å²) in [5.41, 5.74) is 2.98. The predicted molar refractivity (Wildman–Crippen MR) is 97.3 cm³/mol. The number of benzene rings is 2. The van der Waals surface area contributed by atoms with Crippen molar-refractivity contribution in [3.05, 3.63) is 58.3 Å². The minimum atomic E-state index is -3.67. The van der Waals surface area contributed by atoms with E-state index in [1.807, 2.05) is 20.8 Å². The van der Waals surface area contributed by atoms with Crippen LogP contribution in [-0.2, 0) is 16.4 Å². The average molecular weight is 364 g/mol. The molecular formula is C18H18ClNO3S. The van der Waals surface area contributed by atoms with Gasteiger partial charge < -0.3 is 4.42 Å². The van der Waals surface area contributed by atoms with Crippen LogP contribution in [0.5, 0.6) is 0 Å². The number of hydrogen-bond donors (Lipinski definition) is 1. The molecule has 0 saturated carbocycles. The molecule has 3 aromatic rings. The van der Waals surface area contributed by atoms with Gasteiger partial charge in [0.05, 0.1) is 15.6 Å². The van der Waals surface area contributed by atoms with Crippen molar-refractivity contribution in [3.8, 4) is 0 Å². The molecule has 0 aliphatic heterocycles. The third-order valence-electron chi connectivity index (χ3n) is 4.00. The second-order valence-electron chi connectivity index (χ2n) is 5.76. The van der Waals surface area contributed by atoms with Gasteiger partial charge in [0.15, 0.2) is 5.58 Å². The predicted octanol–water partition coefficient (Wildman–Crippen LogP) is 5.07. The highest BCUT2D eigenvalue weighted by Gasteiger charge is 2.17. The first-order valence-electron chi connectivity index (χ1n) is 7.63. The SMILES string of the molecule is CCc1oc2c(Cl)cc(NS(=O)(=O)c3ccc(C)cc3)cc2c1C. The van der Waals surface area contributed by atoms with E-state index in [9.17, 15) is 8.42 Å². The fraction of sp³-hybridized carbons (Fsp3) is 0.222. The van der Waals surface area contributed by atoms with Crippen LogP contribution in [0, 0.1) is 13.8 Å². The van der Waals surface area contributed by atoms with Crippen LogP contribution in [0.2, 0.25) is 5.02 Å². The van der Waals surface area contributed by atoms with Gasteiger partial charge in [0.25, 0.3) is 10.0 Å². The number of furan rings is 1. The summed E-state index contributed by atoms with van der Waals surface area (Å²) >= 11 is 6.27. The van der Waals surface area contributed by atoms with Crippen molar-refractivity contribution >= 4 is 38.3 Å². The first-order valence-corrected chi connectivity index (χ1v) is 9.49. The van der Waals surface area contributed by atoms with Gasteiger partial charge in [-0.25, -0.2) is 8.42 Å². The highest BCUT2D eigenvalue weighted by atomic mass is 35.5. The van der Waals surface area contributed by atoms with Crippen molar-refractivity contribution in [2.24, 2.45) is 0 Å². The van der Waals surface area contributed by atoms with Gasteiger partial charge >= 0.3 is 0 Å². The highest BCUT2D eigenvalue weighted by Crippen LogP contribution is 2.34. The van der Waals surface area contributed by atoms with Gasteiger partial charge in [-0.1, -0.05) is 36.2 Å². The van der Waals surface area contributed by atoms with Crippen LogP contribution >= 0.6 is 11.6 Å². The fourth-order valence-electron chi connectivity index (χ4n) is 2.65. The van der Waals surface area contributed by atoms with E-state index < -0.39 is 10.0 Å². The second-order valence-corrected chi connectivity index (χ2v) is 7.85. The Morgan fingerprint density at radius 2 is 1.79 bits per heavy atom. The fourth-order valence-corrected chi connectivity index (χ4v) is 3.95. The Morgan fingerprint density at radius 3 is 2.42 bits per heavy atom. The molecule has 126 valence electrons. The highest BCUT2D eigenvalue weighted by molar-refractivity contribution is 7.92. The first kappa shape index (κ1) is 16.9. The molecule has 0 radical (unpaired) electrons. The maximum atomic E-state index is 12.5. The van der Waals surface area contributed by atoms with Crippen LogP contribution in [-0.4, -0.2) is 8.42 Å². The number of anilines is 1. The number of nitrogens with one attached hydrogen (secondary N) is 1. The Labute approximate surface area is 146 Å². The average Bonchev–Trinajstić information content (AvgIpc) is 2.84. The second kappa shape index (κ2) is 6.15. The van der Waals surface area contributed by atoms with Crippen molar-refractivity contribution in [2.45, 2.75) is 32.1 Å². The summed E-state index contributed by atoms with van der Waals surface area (Å²) in [5.74, 6) is 0.852. The monoisotopic (exact) mass is 363 g/mol. The van der Waals surface area contributed by atoms with Gasteiger partial charge in [-0.2, -0.15) is 0 Å². The van der Waals surface area contributed by atoms with Crippen LogP contribution < -0.4 is 4.72 Å². The van der Waals surface area contributed by atoms with E-state index in [1.54, 1.807) is 36.4 Å². The van der Waals surface area contributed by atoms with Crippen LogP contribution in [0.15, 0.2) is 45.7 Å². The quantitative estimate of drug-likeness (QED) is 0.704. The van der Waals surface area contributed by atoms with Gasteiger partial charge in [0.1, 0.15) is 5.76 Å². The number of sulfonamides is 1. The molecule has 0 aliphatic carbocycles. The van der Waals surface area contributed by atoms with E-state index in [0.29, 0.717) is 16.3 Å². The van der Waals surface area contributed by atoms with E-state index >= 15 is 0 Å². The Hall–Kier alpha value is -1.98. The molecule has 3 rings (SSSR count). The molecule has 1 heterocycles. The van der Waals surface area contributed by atoms with Crippen molar-refractivity contribution in [3.63, 3.8) is 0 Å². The van der Waals surface area contributed by atoms with E-state index in [4.69, 9.17) is 16.0 Å². The summed E-state index contributed by atoms with van der Waals surface area (Å²) in [6.07, 6.45) is 0.751. The van der Waals surface area contributed by atoms with Crippen LogP contribution in [0.3, 0.4) is 0 Å². The molecule has 6 heteroatoms. The first-order chi connectivity index (χ1) is 11.3. The van der Waals surface area contributed by atoms with Gasteiger partial charge in [0, 0.05) is 11.8 Å². The van der Waals surface area contributed by atoms with E-state index in [2.05, 4.69) is 4.72 Å². The molecule has 0 atom stereocenters. The lowest BCUT2D eigenvalue weighted by molar-refractivity contribution is 0.553. The molecule has 1 N–H and O–H groups in total. The zero-order valence-corrected chi connectivity index (χ0v) is 15.3. The standard InChI is InChI=1S/C18H18ClNO3S/c1-4-17-12(3)15-9-13(10-16(19)18(15)23-17)20-24(21,22)14-7-5-11(2)6-8-14/h5-10,20H,4H2,1-3H3. The molecule has 1 aromatic heterocycles. The molecule has 0 aliphatic rings. The Balaban J connectivity index is 2.03. The maximum absolute atomic E-state index is 12.5. The molecule has 0 spiro atoms. The maximum Gasteiger partial charge on any atom is 0.261 e. The largest absolute Gasteiger partial charge is 0.459 e. The third kappa shape index (κ3) is 3.01. The van der Waals surface area contributed by atoms with Gasteiger partial charge in [-0.15, -0.1) is 0 Å². The number of hydrogen-bond acceptors (Lipinski definition) is 3. The minimum absolute atomic E-state index is 0.211.